The van der Waals surface area contributed by atoms with Crippen molar-refractivity contribution in [2.24, 2.45) is 5.92 Å². The van der Waals surface area contributed by atoms with Gasteiger partial charge in [-0.25, -0.2) is 4.98 Å². The maximum absolute atomic E-state index is 13.2. The first-order valence-corrected chi connectivity index (χ1v) is 11.9. The Labute approximate surface area is 185 Å². The number of pyridine rings is 1. The van der Waals surface area contributed by atoms with Crippen molar-refractivity contribution in [2.75, 3.05) is 32.2 Å². The summed E-state index contributed by atoms with van der Waals surface area (Å²) in [7, 11) is 1.76. The highest BCUT2D eigenvalue weighted by molar-refractivity contribution is 7.21. The number of rotatable bonds is 4. The van der Waals surface area contributed by atoms with E-state index in [4.69, 9.17) is 4.74 Å². The van der Waals surface area contributed by atoms with Crippen LogP contribution in [0.1, 0.15) is 39.6 Å². The second-order valence-electron chi connectivity index (χ2n) is 8.72. The molecule has 1 amide bonds. The Hall–Kier alpha value is -2.64. The van der Waals surface area contributed by atoms with E-state index >= 15 is 0 Å². The van der Waals surface area contributed by atoms with E-state index in [0.29, 0.717) is 24.5 Å². The molecule has 0 radical (unpaired) electrons. The first-order valence-electron chi connectivity index (χ1n) is 11.0. The van der Waals surface area contributed by atoms with E-state index in [9.17, 15) is 4.79 Å². The number of carbonyl (C=O) groups is 1. The molecule has 6 nitrogen and oxygen atoms in total. The number of fused-ring (bicyclic) bond motifs is 6. The summed E-state index contributed by atoms with van der Waals surface area (Å²) in [5, 5.41) is 8.28. The summed E-state index contributed by atoms with van der Waals surface area (Å²) in [6.45, 7) is 2.36. The molecule has 0 saturated carbocycles. The largest absolute Gasteiger partial charge is 0.496 e. The van der Waals surface area contributed by atoms with E-state index in [1.54, 1.807) is 13.3 Å². The molecule has 160 valence electrons. The molecule has 1 saturated heterocycles. The van der Waals surface area contributed by atoms with Gasteiger partial charge in [0.05, 0.1) is 19.5 Å². The normalized spacial score (nSPS) is 24.5. The summed E-state index contributed by atoms with van der Waals surface area (Å²) in [4.78, 5) is 21.3. The molecule has 3 atom stereocenters. The average Bonchev–Trinajstić information content (AvgIpc) is 3.40. The number of amides is 1. The van der Waals surface area contributed by atoms with Crippen LogP contribution >= 0.6 is 11.3 Å². The molecule has 2 aliphatic heterocycles. The molecule has 2 N–H and O–H groups in total. The van der Waals surface area contributed by atoms with Gasteiger partial charge in [0.1, 0.15) is 15.5 Å². The topological polar surface area (TPSA) is 66.5 Å². The molecule has 6 rings (SSSR count). The van der Waals surface area contributed by atoms with Crippen LogP contribution in [0.4, 0.5) is 5.69 Å². The van der Waals surface area contributed by atoms with E-state index in [-0.39, 0.29) is 5.91 Å². The molecule has 4 heterocycles. The van der Waals surface area contributed by atoms with Gasteiger partial charge in [-0.2, -0.15) is 0 Å². The predicted octanol–water partition coefficient (Wildman–Crippen LogP) is 3.84. The van der Waals surface area contributed by atoms with Crippen molar-refractivity contribution in [3.8, 4) is 5.75 Å². The van der Waals surface area contributed by atoms with Crippen LogP contribution in [-0.2, 0) is 6.42 Å². The second-order valence-corrected chi connectivity index (χ2v) is 9.72. The Balaban J connectivity index is 1.21. The highest BCUT2D eigenvalue weighted by Gasteiger charge is 2.41. The molecule has 7 heteroatoms. The summed E-state index contributed by atoms with van der Waals surface area (Å²) in [5.74, 6) is 2.30. The number of thiophene rings is 1. The van der Waals surface area contributed by atoms with Gasteiger partial charge in [-0.05, 0) is 61.1 Å². The lowest BCUT2D eigenvalue weighted by atomic mass is 9.73. The molecule has 1 aliphatic carbocycles. The van der Waals surface area contributed by atoms with Crippen LogP contribution in [0.2, 0.25) is 0 Å². The first-order chi connectivity index (χ1) is 15.2. The highest BCUT2D eigenvalue weighted by Crippen LogP contribution is 2.45. The third kappa shape index (κ3) is 3.02. The molecular weight excluding hydrogens is 408 g/mol. The monoisotopic (exact) mass is 434 g/mol. The van der Waals surface area contributed by atoms with E-state index < -0.39 is 0 Å². The predicted molar refractivity (Wildman–Crippen MR) is 123 cm³/mol. The maximum atomic E-state index is 13.2. The van der Waals surface area contributed by atoms with Crippen LogP contribution in [0.25, 0.3) is 10.2 Å². The molecule has 1 aromatic carbocycles. The number of methoxy groups -OCH3 is 1. The van der Waals surface area contributed by atoms with E-state index in [2.05, 4.69) is 33.8 Å². The van der Waals surface area contributed by atoms with Crippen molar-refractivity contribution in [3.05, 3.63) is 52.5 Å². The zero-order chi connectivity index (χ0) is 20.9. The minimum absolute atomic E-state index is 0.122. The van der Waals surface area contributed by atoms with Gasteiger partial charge in [0.15, 0.2) is 0 Å². The SMILES string of the molecule is COc1cccc2c1CC[C@H]1CNC(CCN3CNc4c(sc5ncccc45)C3=O)[C@@H]21. The Kier molecular flexibility index (Phi) is 4.61. The molecule has 0 bridgehead atoms. The van der Waals surface area contributed by atoms with Gasteiger partial charge in [0.25, 0.3) is 5.91 Å². The molecule has 1 fully saturated rings. The van der Waals surface area contributed by atoms with Gasteiger partial charge < -0.3 is 20.3 Å². The summed E-state index contributed by atoms with van der Waals surface area (Å²) in [6.07, 6.45) is 5.02. The molecule has 0 spiro atoms. The molecule has 2 aromatic heterocycles. The third-order valence-corrected chi connectivity index (χ3v) is 8.30. The minimum Gasteiger partial charge on any atom is -0.496 e. The van der Waals surface area contributed by atoms with Gasteiger partial charge in [-0.15, -0.1) is 11.3 Å². The van der Waals surface area contributed by atoms with Crippen molar-refractivity contribution < 1.29 is 9.53 Å². The van der Waals surface area contributed by atoms with Gasteiger partial charge in [-0.1, -0.05) is 12.1 Å². The summed E-state index contributed by atoms with van der Waals surface area (Å²) in [5.41, 5.74) is 3.76. The zero-order valence-electron chi connectivity index (χ0n) is 17.6. The summed E-state index contributed by atoms with van der Waals surface area (Å²) in [6, 6.07) is 10.8. The van der Waals surface area contributed by atoms with Crippen LogP contribution in [0, 0.1) is 5.92 Å². The van der Waals surface area contributed by atoms with E-state index in [1.807, 2.05) is 17.0 Å². The molecule has 3 aliphatic rings. The summed E-state index contributed by atoms with van der Waals surface area (Å²) < 4.78 is 5.64. The number of hydrogen-bond acceptors (Lipinski definition) is 6. The number of aromatic nitrogens is 1. The van der Waals surface area contributed by atoms with Crippen LogP contribution in [0.15, 0.2) is 36.5 Å². The number of nitrogens with zero attached hydrogens (tertiary/aromatic N) is 2. The molecule has 1 unspecified atom stereocenters. The molecule has 3 aromatic rings. The number of hydrogen-bond donors (Lipinski definition) is 2. The van der Waals surface area contributed by atoms with Crippen LogP contribution < -0.4 is 15.4 Å². The lowest BCUT2D eigenvalue weighted by molar-refractivity contribution is 0.0757. The van der Waals surface area contributed by atoms with Crippen molar-refractivity contribution in [1.29, 1.82) is 0 Å². The van der Waals surface area contributed by atoms with Crippen molar-refractivity contribution in [1.82, 2.24) is 15.2 Å². The average molecular weight is 435 g/mol. The van der Waals surface area contributed by atoms with Crippen molar-refractivity contribution in [3.63, 3.8) is 0 Å². The standard InChI is InChI=1S/C24H26N4O2S/c1-30-19-6-2-4-16-15(19)8-7-14-12-26-18(20(14)16)9-11-28-13-27-21-17-5-3-10-25-23(17)31-22(21)24(28)29/h2-6,10,14,18,20,26-27H,7-9,11-13H2,1H3/t14-,18?,20+/m0/s1. The van der Waals surface area contributed by atoms with Gasteiger partial charge >= 0.3 is 0 Å². The third-order valence-electron chi connectivity index (χ3n) is 7.20. The van der Waals surface area contributed by atoms with Gasteiger partial charge in [0, 0.05) is 30.1 Å². The quantitative estimate of drug-likeness (QED) is 0.653. The Bertz CT molecular complexity index is 1160. The first kappa shape index (κ1) is 19.1. The molecular formula is C24H26N4O2S. The van der Waals surface area contributed by atoms with Crippen LogP contribution in [-0.4, -0.2) is 48.7 Å². The Morgan fingerprint density at radius 2 is 2.23 bits per heavy atom. The van der Waals surface area contributed by atoms with Crippen molar-refractivity contribution in [2.45, 2.75) is 31.2 Å². The fraction of sp³-hybridized carbons (Fsp3) is 0.417. The zero-order valence-corrected chi connectivity index (χ0v) is 18.4. The summed E-state index contributed by atoms with van der Waals surface area (Å²) >= 11 is 1.49. The van der Waals surface area contributed by atoms with Gasteiger partial charge in [0.2, 0.25) is 0 Å². The number of anilines is 1. The fourth-order valence-corrected chi connectivity index (χ4v) is 6.81. The molecule has 31 heavy (non-hydrogen) atoms. The van der Waals surface area contributed by atoms with E-state index in [1.165, 1.54) is 28.9 Å². The number of carbonyl (C=O) groups excluding carboxylic acids is 1. The smallest absolute Gasteiger partial charge is 0.267 e. The second kappa shape index (κ2) is 7.50. The fourth-order valence-electron chi connectivity index (χ4n) is 5.73. The van der Waals surface area contributed by atoms with Crippen LogP contribution in [0.3, 0.4) is 0 Å². The number of nitrogens with one attached hydrogen (secondary N) is 2. The highest BCUT2D eigenvalue weighted by atomic mass is 32.1. The lowest BCUT2D eigenvalue weighted by Gasteiger charge is -2.33. The Morgan fingerprint density at radius 1 is 1.29 bits per heavy atom. The number of benzene rings is 1. The number of ether oxygens (including phenoxy) is 1. The van der Waals surface area contributed by atoms with Crippen molar-refractivity contribution >= 4 is 33.1 Å². The maximum Gasteiger partial charge on any atom is 0.267 e. The Morgan fingerprint density at radius 3 is 3.13 bits per heavy atom. The van der Waals surface area contributed by atoms with E-state index in [0.717, 1.165) is 52.5 Å². The van der Waals surface area contributed by atoms with Gasteiger partial charge in [-0.3, -0.25) is 4.79 Å². The van der Waals surface area contributed by atoms with Crippen LogP contribution in [0.5, 0.6) is 5.75 Å². The minimum atomic E-state index is 0.122. The lowest BCUT2D eigenvalue weighted by Crippen LogP contribution is -2.42.